The molecule has 0 spiro atoms. The van der Waals surface area contributed by atoms with Crippen molar-refractivity contribution in [2.45, 2.75) is 25.8 Å². The molecule has 4 nitrogen and oxygen atoms in total. The van der Waals surface area contributed by atoms with E-state index in [0.29, 0.717) is 12.1 Å². The molecule has 0 radical (unpaired) electrons. The summed E-state index contributed by atoms with van der Waals surface area (Å²) in [6.07, 6.45) is 0.565. The lowest BCUT2D eigenvalue weighted by atomic mass is 9.96. The van der Waals surface area contributed by atoms with Gasteiger partial charge in [-0.05, 0) is 36.7 Å². The Morgan fingerprint density at radius 3 is 2.14 bits per heavy atom. The van der Waals surface area contributed by atoms with Gasteiger partial charge in [0.1, 0.15) is 11.2 Å². The fourth-order valence-corrected chi connectivity index (χ4v) is 1.21. The number of rotatable bonds is 4. The van der Waals surface area contributed by atoms with Crippen molar-refractivity contribution in [1.29, 1.82) is 0 Å². The van der Waals surface area contributed by atoms with Crippen LogP contribution >= 0.6 is 0 Å². The highest BCUT2D eigenvalue weighted by Crippen LogP contribution is 2.19. The lowest BCUT2D eigenvalue weighted by Gasteiger charge is -2.14. The molecular weight excluding hydrogens is 180 g/mol. The van der Waals surface area contributed by atoms with Gasteiger partial charge < -0.3 is 0 Å². The smallest absolute Gasteiger partial charge is 0.108 e. The van der Waals surface area contributed by atoms with Crippen LogP contribution in [0.2, 0.25) is 0 Å². The second-order valence-electron chi connectivity index (χ2n) is 3.84. The maximum atomic E-state index is 10.4. The molecule has 0 saturated carbocycles. The topological polar surface area (TPSA) is 58.9 Å². The van der Waals surface area contributed by atoms with E-state index in [4.69, 9.17) is 0 Å². The van der Waals surface area contributed by atoms with Crippen LogP contribution in [0.15, 0.2) is 34.6 Å². The van der Waals surface area contributed by atoms with Crippen LogP contribution in [0.3, 0.4) is 0 Å². The Bertz CT molecular complexity index is 330. The number of benzene rings is 1. The SMILES string of the molecule is CC(C)(Cc1ccc(N=O)cc1)N=O. The molecule has 1 aromatic rings. The number of nitrogens with zero attached hydrogens (tertiary/aromatic N) is 2. The third-order valence-corrected chi connectivity index (χ3v) is 1.93. The van der Waals surface area contributed by atoms with Gasteiger partial charge in [0, 0.05) is 6.42 Å². The summed E-state index contributed by atoms with van der Waals surface area (Å²) < 4.78 is 0. The molecule has 0 aliphatic rings. The standard InChI is InChI=1S/C10H12N2O2/c1-10(2,12-14)7-8-3-5-9(11-13)6-4-8/h3-6H,7H2,1-2H3. The zero-order valence-electron chi connectivity index (χ0n) is 8.23. The monoisotopic (exact) mass is 192 g/mol. The van der Waals surface area contributed by atoms with Gasteiger partial charge in [-0.15, -0.1) is 4.91 Å². The summed E-state index contributed by atoms with van der Waals surface area (Å²) in [4.78, 5) is 20.6. The van der Waals surface area contributed by atoms with E-state index in [1.807, 2.05) is 0 Å². The Morgan fingerprint density at radius 2 is 1.71 bits per heavy atom. The van der Waals surface area contributed by atoms with E-state index in [9.17, 15) is 9.81 Å². The summed E-state index contributed by atoms with van der Waals surface area (Å²) in [5.74, 6) is 0. The summed E-state index contributed by atoms with van der Waals surface area (Å²) in [5, 5.41) is 5.82. The zero-order chi connectivity index (χ0) is 10.6. The predicted octanol–water partition coefficient (Wildman–Crippen LogP) is 3.17. The van der Waals surface area contributed by atoms with Gasteiger partial charge in [0.2, 0.25) is 0 Å². The maximum absolute atomic E-state index is 10.4. The second-order valence-corrected chi connectivity index (χ2v) is 3.84. The largest absolute Gasteiger partial charge is 0.150 e. The minimum absolute atomic E-state index is 0.394. The van der Waals surface area contributed by atoms with E-state index in [-0.39, 0.29) is 0 Å². The van der Waals surface area contributed by atoms with E-state index >= 15 is 0 Å². The van der Waals surface area contributed by atoms with Gasteiger partial charge in [-0.3, -0.25) is 0 Å². The van der Waals surface area contributed by atoms with Crippen molar-refractivity contribution in [2.75, 3.05) is 0 Å². The fourth-order valence-electron chi connectivity index (χ4n) is 1.21. The summed E-state index contributed by atoms with van der Waals surface area (Å²) in [7, 11) is 0. The Labute approximate surface area is 82.3 Å². The van der Waals surface area contributed by atoms with Crippen LogP contribution in [0.5, 0.6) is 0 Å². The molecule has 0 N–H and O–H groups in total. The van der Waals surface area contributed by atoms with Gasteiger partial charge in [0.25, 0.3) is 0 Å². The second kappa shape index (κ2) is 4.09. The van der Waals surface area contributed by atoms with Crippen molar-refractivity contribution in [2.24, 2.45) is 10.4 Å². The van der Waals surface area contributed by atoms with Crippen molar-refractivity contribution in [3.8, 4) is 0 Å². The number of nitroso groups, excluding NO2 is 2. The number of hydrogen-bond acceptors (Lipinski definition) is 4. The maximum Gasteiger partial charge on any atom is 0.108 e. The molecule has 0 aliphatic heterocycles. The Kier molecular flexibility index (Phi) is 3.06. The molecule has 0 fully saturated rings. The van der Waals surface area contributed by atoms with Gasteiger partial charge in [0.15, 0.2) is 0 Å². The van der Waals surface area contributed by atoms with E-state index in [1.165, 1.54) is 0 Å². The molecule has 14 heavy (non-hydrogen) atoms. The van der Waals surface area contributed by atoms with Crippen molar-refractivity contribution in [3.63, 3.8) is 0 Å². The average Bonchev–Trinajstić information content (AvgIpc) is 2.19. The van der Waals surface area contributed by atoms with Crippen LogP contribution in [0, 0.1) is 9.81 Å². The van der Waals surface area contributed by atoms with E-state index < -0.39 is 5.54 Å². The first kappa shape index (κ1) is 10.5. The molecule has 0 aliphatic carbocycles. The van der Waals surface area contributed by atoms with E-state index in [0.717, 1.165) is 5.56 Å². The molecular formula is C10H12N2O2. The van der Waals surface area contributed by atoms with Gasteiger partial charge in [-0.2, -0.15) is 4.91 Å². The third kappa shape index (κ3) is 2.73. The van der Waals surface area contributed by atoms with Crippen LogP contribution in [0.25, 0.3) is 0 Å². The Hall–Kier alpha value is -1.58. The molecule has 0 aromatic heterocycles. The van der Waals surface area contributed by atoms with Gasteiger partial charge in [-0.1, -0.05) is 17.3 Å². The molecule has 1 rings (SSSR count). The van der Waals surface area contributed by atoms with Gasteiger partial charge >= 0.3 is 0 Å². The van der Waals surface area contributed by atoms with Crippen LogP contribution in [-0.4, -0.2) is 5.54 Å². The van der Waals surface area contributed by atoms with Crippen molar-refractivity contribution < 1.29 is 0 Å². The molecule has 4 heteroatoms. The first-order valence-electron chi connectivity index (χ1n) is 4.34. The Balaban J connectivity index is 2.78. The van der Waals surface area contributed by atoms with Gasteiger partial charge in [-0.25, -0.2) is 0 Å². The van der Waals surface area contributed by atoms with Crippen LogP contribution in [0.1, 0.15) is 19.4 Å². The zero-order valence-corrected chi connectivity index (χ0v) is 8.23. The summed E-state index contributed by atoms with van der Waals surface area (Å²) in [5.41, 5.74) is 0.767. The predicted molar refractivity (Wildman–Crippen MR) is 55.5 cm³/mol. The molecule has 0 saturated heterocycles. The molecule has 0 amide bonds. The molecule has 74 valence electrons. The normalized spacial score (nSPS) is 11.0. The van der Waals surface area contributed by atoms with Crippen molar-refractivity contribution >= 4 is 5.69 Å². The molecule has 0 unspecified atom stereocenters. The summed E-state index contributed by atoms with van der Waals surface area (Å²) in [6, 6.07) is 6.82. The molecule has 0 bridgehead atoms. The minimum Gasteiger partial charge on any atom is -0.150 e. The van der Waals surface area contributed by atoms with Crippen molar-refractivity contribution in [3.05, 3.63) is 39.6 Å². The minimum atomic E-state index is -0.601. The van der Waals surface area contributed by atoms with Crippen molar-refractivity contribution in [1.82, 2.24) is 0 Å². The highest BCUT2D eigenvalue weighted by Gasteiger charge is 2.18. The van der Waals surface area contributed by atoms with Gasteiger partial charge in [0.05, 0.1) is 0 Å². The lowest BCUT2D eigenvalue weighted by Crippen LogP contribution is -2.18. The van der Waals surface area contributed by atoms with Crippen LogP contribution in [-0.2, 0) is 6.42 Å². The molecule has 0 heterocycles. The third-order valence-electron chi connectivity index (χ3n) is 1.93. The summed E-state index contributed by atoms with van der Waals surface area (Å²) >= 11 is 0. The lowest BCUT2D eigenvalue weighted by molar-refractivity contribution is 0.515. The highest BCUT2D eigenvalue weighted by molar-refractivity contribution is 5.38. The first-order valence-corrected chi connectivity index (χ1v) is 4.34. The van der Waals surface area contributed by atoms with E-state index in [1.54, 1.807) is 38.1 Å². The van der Waals surface area contributed by atoms with E-state index in [2.05, 4.69) is 10.4 Å². The Morgan fingerprint density at radius 1 is 1.14 bits per heavy atom. The molecule has 0 atom stereocenters. The number of hydrogen-bond donors (Lipinski definition) is 0. The summed E-state index contributed by atoms with van der Waals surface area (Å²) in [6.45, 7) is 3.54. The van der Waals surface area contributed by atoms with Crippen LogP contribution < -0.4 is 0 Å². The highest BCUT2D eigenvalue weighted by atomic mass is 16.3. The quantitative estimate of drug-likeness (QED) is 0.688. The fraction of sp³-hybridized carbons (Fsp3) is 0.400. The van der Waals surface area contributed by atoms with Crippen LogP contribution in [0.4, 0.5) is 5.69 Å². The average molecular weight is 192 g/mol. The first-order chi connectivity index (χ1) is 6.57. The molecule has 1 aromatic carbocycles.